The highest BCUT2D eigenvalue weighted by Gasteiger charge is 2.11. The number of anilines is 2. The van der Waals surface area contributed by atoms with Crippen molar-refractivity contribution in [1.82, 2.24) is 4.90 Å². The third-order valence-electron chi connectivity index (χ3n) is 3.77. The number of carbonyl (C=O) groups is 1. The van der Waals surface area contributed by atoms with E-state index in [-0.39, 0.29) is 11.6 Å². The highest BCUT2D eigenvalue weighted by molar-refractivity contribution is 5.93. The zero-order valence-corrected chi connectivity index (χ0v) is 13.2. The molecule has 0 radical (unpaired) electrons. The van der Waals surface area contributed by atoms with Gasteiger partial charge in [0.15, 0.2) is 0 Å². The molecular weight excluding hydrogens is 269 g/mol. The fourth-order valence-electron chi connectivity index (χ4n) is 2.44. The van der Waals surface area contributed by atoms with Gasteiger partial charge in [-0.1, -0.05) is 13.8 Å². The Kier molecular flexibility index (Phi) is 7.15. The molecule has 1 amide bonds. The van der Waals surface area contributed by atoms with Crippen molar-refractivity contribution in [3.8, 4) is 0 Å². The van der Waals surface area contributed by atoms with Crippen molar-refractivity contribution >= 4 is 17.3 Å². The molecule has 0 aliphatic rings. The Morgan fingerprint density at radius 3 is 2.62 bits per heavy atom. The SMILES string of the molecule is CCC(CC)N(C)CCCC(=O)Nc1ccc(F)cc1N. The number of amides is 1. The number of carbonyl (C=O) groups excluding carboxylic acids is 1. The number of nitrogens with one attached hydrogen (secondary N) is 1. The number of nitrogens with two attached hydrogens (primary N) is 1. The maximum atomic E-state index is 12.9. The first-order chi connectivity index (χ1) is 9.97. The molecule has 5 heteroatoms. The summed E-state index contributed by atoms with van der Waals surface area (Å²) in [5.74, 6) is -0.497. The van der Waals surface area contributed by atoms with Gasteiger partial charge in [-0.3, -0.25) is 4.79 Å². The first kappa shape index (κ1) is 17.4. The summed E-state index contributed by atoms with van der Waals surface area (Å²) in [6, 6.07) is 4.54. The third kappa shape index (κ3) is 5.71. The molecule has 3 N–H and O–H groups in total. The van der Waals surface area contributed by atoms with Crippen LogP contribution in [0.2, 0.25) is 0 Å². The van der Waals surface area contributed by atoms with E-state index >= 15 is 0 Å². The highest BCUT2D eigenvalue weighted by Crippen LogP contribution is 2.19. The first-order valence-corrected chi connectivity index (χ1v) is 7.53. The van der Waals surface area contributed by atoms with Crippen molar-refractivity contribution in [3.63, 3.8) is 0 Å². The standard InChI is InChI=1S/C16H26FN3O/c1-4-13(5-2)20(3)10-6-7-16(21)19-15-9-8-12(17)11-14(15)18/h8-9,11,13H,4-7,10,18H2,1-3H3,(H,19,21). The molecule has 0 bridgehead atoms. The summed E-state index contributed by atoms with van der Waals surface area (Å²) in [6.45, 7) is 5.24. The van der Waals surface area contributed by atoms with Crippen LogP contribution in [0.25, 0.3) is 0 Å². The molecule has 0 aliphatic carbocycles. The number of nitrogen functional groups attached to an aromatic ring is 1. The van der Waals surface area contributed by atoms with E-state index in [0.29, 0.717) is 18.2 Å². The number of hydrogen-bond donors (Lipinski definition) is 2. The van der Waals surface area contributed by atoms with Gasteiger partial charge in [-0.2, -0.15) is 0 Å². The maximum absolute atomic E-state index is 12.9. The molecule has 0 aliphatic heterocycles. The maximum Gasteiger partial charge on any atom is 0.224 e. The lowest BCUT2D eigenvalue weighted by Gasteiger charge is -2.25. The summed E-state index contributed by atoms with van der Waals surface area (Å²) in [6.07, 6.45) is 3.46. The molecule has 0 saturated carbocycles. The summed E-state index contributed by atoms with van der Waals surface area (Å²) in [7, 11) is 2.09. The van der Waals surface area contributed by atoms with E-state index in [1.807, 2.05) is 0 Å². The van der Waals surface area contributed by atoms with Crippen LogP contribution in [0, 0.1) is 5.82 Å². The van der Waals surface area contributed by atoms with Crippen LogP contribution >= 0.6 is 0 Å². The summed E-state index contributed by atoms with van der Waals surface area (Å²) in [4.78, 5) is 14.2. The van der Waals surface area contributed by atoms with Crippen molar-refractivity contribution in [1.29, 1.82) is 0 Å². The average molecular weight is 295 g/mol. The smallest absolute Gasteiger partial charge is 0.224 e. The molecule has 1 aromatic rings. The number of hydrogen-bond acceptors (Lipinski definition) is 3. The van der Waals surface area contributed by atoms with E-state index in [9.17, 15) is 9.18 Å². The van der Waals surface area contributed by atoms with Gasteiger partial charge in [-0.25, -0.2) is 4.39 Å². The molecule has 4 nitrogen and oxygen atoms in total. The van der Waals surface area contributed by atoms with Crippen molar-refractivity contribution in [2.24, 2.45) is 0 Å². The van der Waals surface area contributed by atoms with Crippen LogP contribution in [0.4, 0.5) is 15.8 Å². The van der Waals surface area contributed by atoms with Crippen molar-refractivity contribution in [2.45, 2.75) is 45.6 Å². The first-order valence-electron chi connectivity index (χ1n) is 7.53. The molecule has 0 unspecified atom stereocenters. The highest BCUT2D eigenvalue weighted by atomic mass is 19.1. The number of benzene rings is 1. The minimum Gasteiger partial charge on any atom is -0.397 e. The van der Waals surface area contributed by atoms with E-state index < -0.39 is 5.82 Å². The summed E-state index contributed by atoms with van der Waals surface area (Å²) >= 11 is 0. The summed E-state index contributed by atoms with van der Waals surface area (Å²) in [5.41, 5.74) is 6.37. The predicted molar refractivity (Wildman–Crippen MR) is 85.7 cm³/mol. The number of halogens is 1. The summed E-state index contributed by atoms with van der Waals surface area (Å²) < 4.78 is 12.9. The van der Waals surface area contributed by atoms with Gasteiger partial charge in [-0.05, 0) is 51.1 Å². The normalized spacial score (nSPS) is 11.1. The van der Waals surface area contributed by atoms with E-state index in [2.05, 4.69) is 31.1 Å². The average Bonchev–Trinajstić information content (AvgIpc) is 2.43. The van der Waals surface area contributed by atoms with Gasteiger partial charge >= 0.3 is 0 Å². The van der Waals surface area contributed by atoms with Gasteiger partial charge < -0.3 is 16.0 Å². The predicted octanol–water partition coefficient (Wildman–Crippen LogP) is 3.25. The van der Waals surface area contributed by atoms with Gasteiger partial charge in [0.1, 0.15) is 5.82 Å². The van der Waals surface area contributed by atoms with Crippen LogP contribution < -0.4 is 11.1 Å². The molecule has 0 atom stereocenters. The van der Waals surface area contributed by atoms with Gasteiger partial charge in [0.25, 0.3) is 0 Å². The van der Waals surface area contributed by atoms with Crippen LogP contribution in [0.1, 0.15) is 39.5 Å². The van der Waals surface area contributed by atoms with Gasteiger partial charge in [-0.15, -0.1) is 0 Å². The Morgan fingerprint density at radius 1 is 1.38 bits per heavy atom. The molecular formula is C16H26FN3O. The Balaban J connectivity index is 2.37. The Hall–Kier alpha value is -1.62. The van der Waals surface area contributed by atoms with Gasteiger partial charge in [0.2, 0.25) is 5.91 Å². The van der Waals surface area contributed by atoms with Crippen molar-refractivity contribution in [2.75, 3.05) is 24.6 Å². The van der Waals surface area contributed by atoms with E-state index in [1.54, 1.807) is 0 Å². The van der Waals surface area contributed by atoms with Crippen LogP contribution in [0.3, 0.4) is 0 Å². The minimum absolute atomic E-state index is 0.0914. The zero-order valence-electron chi connectivity index (χ0n) is 13.2. The monoisotopic (exact) mass is 295 g/mol. The lowest BCUT2D eigenvalue weighted by molar-refractivity contribution is -0.116. The fraction of sp³-hybridized carbons (Fsp3) is 0.562. The summed E-state index contributed by atoms with van der Waals surface area (Å²) in [5, 5.41) is 2.72. The Labute approximate surface area is 126 Å². The quantitative estimate of drug-likeness (QED) is 0.724. The molecule has 0 heterocycles. The van der Waals surface area contributed by atoms with Crippen LogP contribution in [-0.4, -0.2) is 30.4 Å². The Bertz CT molecular complexity index is 461. The van der Waals surface area contributed by atoms with Gasteiger partial charge in [0.05, 0.1) is 11.4 Å². The second kappa shape index (κ2) is 8.62. The van der Waals surface area contributed by atoms with Crippen LogP contribution in [0.15, 0.2) is 18.2 Å². The van der Waals surface area contributed by atoms with Gasteiger partial charge in [0, 0.05) is 12.5 Å². The second-order valence-corrected chi connectivity index (χ2v) is 5.33. The molecule has 0 spiro atoms. The zero-order chi connectivity index (χ0) is 15.8. The van der Waals surface area contributed by atoms with E-state index in [1.165, 1.54) is 18.2 Å². The second-order valence-electron chi connectivity index (χ2n) is 5.33. The lowest BCUT2D eigenvalue weighted by Crippen LogP contribution is -2.31. The molecule has 21 heavy (non-hydrogen) atoms. The minimum atomic E-state index is -0.405. The molecule has 1 aromatic carbocycles. The molecule has 118 valence electrons. The largest absolute Gasteiger partial charge is 0.397 e. The molecule has 0 aromatic heterocycles. The molecule has 0 saturated heterocycles. The number of nitrogens with zero attached hydrogens (tertiary/aromatic N) is 1. The Morgan fingerprint density at radius 2 is 2.05 bits per heavy atom. The number of rotatable bonds is 8. The van der Waals surface area contributed by atoms with Crippen molar-refractivity contribution in [3.05, 3.63) is 24.0 Å². The van der Waals surface area contributed by atoms with Crippen LogP contribution in [0.5, 0.6) is 0 Å². The third-order valence-corrected chi connectivity index (χ3v) is 3.77. The molecule has 1 rings (SSSR count). The van der Waals surface area contributed by atoms with E-state index in [4.69, 9.17) is 5.73 Å². The van der Waals surface area contributed by atoms with Crippen LogP contribution in [-0.2, 0) is 4.79 Å². The van der Waals surface area contributed by atoms with Crippen molar-refractivity contribution < 1.29 is 9.18 Å². The van der Waals surface area contributed by atoms with E-state index in [0.717, 1.165) is 25.8 Å². The topological polar surface area (TPSA) is 58.4 Å². The molecule has 0 fully saturated rings. The lowest BCUT2D eigenvalue weighted by atomic mass is 10.1. The fourth-order valence-corrected chi connectivity index (χ4v) is 2.44.